The van der Waals surface area contributed by atoms with Crippen LogP contribution in [0.4, 0.5) is 5.95 Å². The number of nitrogen functional groups attached to an aromatic ring is 1. The van der Waals surface area contributed by atoms with Crippen LogP contribution in [-0.4, -0.2) is 40.5 Å². The summed E-state index contributed by atoms with van der Waals surface area (Å²) >= 11 is 1.61. The van der Waals surface area contributed by atoms with Crippen LogP contribution in [-0.2, 0) is 4.74 Å². The first kappa shape index (κ1) is 12.3. The van der Waals surface area contributed by atoms with Gasteiger partial charge in [-0.15, -0.1) is 0 Å². The zero-order chi connectivity index (χ0) is 12.1. The fourth-order valence-electron chi connectivity index (χ4n) is 1.49. The van der Waals surface area contributed by atoms with Crippen molar-refractivity contribution >= 4 is 17.7 Å². The first-order chi connectivity index (χ1) is 8.31. The molecule has 1 aromatic heterocycles. The van der Waals surface area contributed by atoms with Gasteiger partial charge in [-0.1, -0.05) is 11.8 Å². The van der Waals surface area contributed by atoms with Gasteiger partial charge in [-0.25, -0.2) is 5.84 Å². The van der Waals surface area contributed by atoms with Gasteiger partial charge >= 0.3 is 6.01 Å². The van der Waals surface area contributed by atoms with Crippen molar-refractivity contribution in [3.8, 4) is 6.01 Å². The lowest BCUT2D eigenvalue weighted by Crippen LogP contribution is -2.18. The molecule has 0 radical (unpaired) electrons. The van der Waals surface area contributed by atoms with Gasteiger partial charge in [0.25, 0.3) is 0 Å². The average Bonchev–Trinajstić information content (AvgIpc) is 2.39. The number of nitrogens with two attached hydrogens (primary N) is 1. The Labute approximate surface area is 103 Å². The monoisotopic (exact) mass is 257 g/mol. The summed E-state index contributed by atoms with van der Waals surface area (Å²) in [5, 5.41) is 1.10. The Morgan fingerprint density at radius 2 is 2.12 bits per heavy atom. The van der Waals surface area contributed by atoms with E-state index in [1.54, 1.807) is 11.8 Å². The highest BCUT2D eigenvalue weighted by atomic mass is 32.2. The Morgan fingerprint density at radius 3 is 2.76 bits per heavy atom. The van der Waals surface area contributed by atoms with Crippen molar-refractivity contribution in [1.29, 1.82) is 0 Å². The maximum absolute atomic E-state index is 5.30. The second-order valence-corrected chi connectivity index (χ2v) is 4.77. The van der Waals surface area contributed by atoms with E-state index >= 15 is 0 Å². The molecule has 0 aliphatic carbocycles. The molecular formula is C9H15N5O2S. The fraction of sp³-hybridized carbons (Fsp3) is 0.667. The quantitative estimate of drug-likeness (QED) is 0.592. The van der Waals surface area contributed by atoms with E-state index in [4.69, 9.17) is 15.3 Å². The number of anilines is 1. The molecule has 0 aromatic carbocycles. The minimum absolute atomic E-state index is 0.266. The van der Waals surface area contributed by atoms with Crippen LogP contribution >= 0.6 is 11.8 Å². The normalized spacial score (nSPS) is 16.8. The van der Waals surface area contributed by atoms with Crippen molar-refractivity contribution in [3.05, 3.63) is 0 Å². The molecule has 1 fully saturated rings. The van der Waals surface area contributed by atoms with E-state index in [1.807, 2.05) is 0 Å². The van der Waals surface area contributed by atoms with Gasteiger partial charge in [0.2, 0.25) is 5.95 Å². The first-order valence-corrected chi connectivity index (χ1v) is 6.21. The van der Waals surface area contributed by atoms with Crippen LogP contribution < -0.4 is 16.0 Å². The molecule has 17 heavy (non-hydrogen) atoms. The van der Waals surface area contributed by atoms with Gasteiger partial charge in [-0.2, -0.15) is 15.0 Å². The van der Waals surface area contributed by atoms with E-state index in [0.29, 0.717) is 16.4 Å². The zero-order valence-electron chi connectivity index (χ0n) is 9.55. The lowest BCUT2D eigenvalue weighted by Gasteiger charge is -2.20. The number of nitrogens with one attached hydrogen (secondary N) is 1. The highest BCUT2D eigenvalue weighted by molar-refractivity contribution is 7.99. The van der Waals surface area contributed by atoms with Crippen LogP contribution in [0.2, 0.25) is 0 Å². The third kappa shape index (κ3) is 3.42. The summed E-state index contributed by atoms with van der Waals surface area (Å²) in [5.74, 6) is 5.60. The molecule has 3 N–H and O–H groups in total. The Kier molecular flexibility index (Phi) is 4.35. The highest BCUT2D eigenvalue weighted by Gasteiger charge is 2.17. The molecule has 0 bridgehead atoms. The molecule has 8 heteroatoms. The van der Waals surface area contributed by atoms with Crippen molar-refractivity contribution in [2.24, 2.45) is 5.84 Å². The van der Waals surface area contributed by atoms with Crippen molar-refractivity contribution in [3.63, 3.8) is 0 Å². The summed E-state index contributed by atoms with van der Waals surface area (Å²) in [6, 6.07) is 0.266. The molecule has 0 spiro atoms. The van der Waals surface area contributed by atoms with Crippen LogP contribution in [0.25, 0.3) is 0 Å². The molecule has 94 valence electrons. The van der Waals surface area contributed by atoms with Crippen LogP contribution in [0, 0.1) is 0 Å². The van der Waals surface area contributed by atoms with E-state index in [-0.39, 0.29) is 6.01 Å². The summed E-state index contributed by atoms with van der Waals surface area (Å²) in [5.41, 5.74) is 2.40. The molecule has 1 aliphatic rings. The maximum Gasteiger partial charge on any atom is 0.321 e. The predicted molar refractivity (Wildman–Crippen MR) is 63.9 cm³/mol. The third-order valence-corrected chi connectivity index (χ3v) is 3.54. The van der Waals surface area contributed by atoms with E-state index in [0.717, 1.165) is 26.1 Å². The number of thioether (sulfide) groups is 1. The van der Waals surface area contributed by atoms with Gasteiger partial charge in [0.15, 0.2) is 5.16 Å². The summed E-state index contributed by atoms with van der Waals surface area (Å²) < 4.78 is 10.3. The van der Waals surface area contributed by atoms with Crippen molar-refractivity contribution < 1.29 is 9.47 Å². The zero-order valence-corrected chi connectivity index (χ0v) is 10.4. The van der Waals surface area contributed by atoms with Crippen LogP contribution in [0.1, 0.15) is 12.8 Å². The predicted octanol–water partition coefficient (Wildman–Crippen LogP) is 0.437. The van der Waals surface area contributed by atoms with E-state index in [9.17, 15) is 0 Å². The Balaban J connectivity index is 2.07. The Morgan fingerprint density at radius 1 is 1.35 bits per heavy atom. The van der Waals surface area contributed by atoms with Gasteiger partial charge in [0.1, 0.15) is 0 Å². The van der Waals surface area contributed by atoms with Crippen LogP contribution in [0.3, 0.4) is 0 Å². The molecule has 2 heterocycles. The Hall–Kier alpha value is -1.12. The Bertz CT molecular complexity index is 350. The van der Waals surface area contributed by atoms with E-state index in [2.05, 4.69) is 20.4 Å². The number of hydrazine groups is 1. The number of methoxy groups -OCH3 is 1. The van der Waals surface area contributed by atoms with Gasteiger partial charge in [0.05, 0.1) is 7.11 Å². The van der Waals surface area contributed by atoms with Crippen molar-refractivity contribution in [2.75, 3.05) is 25.7 Å². The standard InChI is InChI=1S/C9H15N5O2S/c1-15-8-11-7(14-10)12-9(13-8)17-6-2-4-16-5-3-6/h6H,2-5,10H2,1H3,(H,11,12,13,14). The molecule has 1 aromatic rings. The van der Waals surface area contributed by atoms with Gasteiger partial charge < -0.3 is 9.47 Å². The minimum Gasteiger partial charge on any atom is -0.467 e. The van der Waals surface area contributed by atoms with Gasteiger partial charge in [-0.05, 0) is 12.8 Å². The topological polar surface area (TPSA) is 95.2 Å². The third-order valence-electron chi connectivity index (χ3n) is 2.35. The summed E-state index contributed by atoms with van der Waals surface area (Å²) in [6.07, 6.45) is 2.01. The first-order valence-electron chi connectivity index (χ1n) is 5.33. The van der Waals surface area contributed by atoms with E-state index in [1.165, 1.54) is 7.11 Å². The smallest absolute Gasteiger partial charge is 0.321 e. The van der Waals surface area contributed by atoms with E-state index < -0.39 is 0 Å². The number of ether oxygens (including phenoxy) is 2. The summed E-state index contributed by atoms with van der Waals surface area (Å²) in [6.45, 7) is 1.59. The average molecular weight is 257 g/mol. The molecule has 0 atom stereocenters. The second kappa shape index (κ2) is 5.99. The molecule has 1 saturated heterocycles. The van der Waals surface area contributed by atoms with Crippen LogP contribution in [0.15, 0.2) is 5.16 Å². The molecule has 0 saturated carbocycles. The highest BCUT2D eigenvalue weighted by Crippen LogP contribution is 2.28. The molecule has 0 unspecified atom stereocenters. The molecule has 7 nitrogen and oxygen atoms in total. The van der Waals surface area contributed by atoms with Crippen molar-refractivity contribution in [2.45, 2.75) is 23.2 Å². The lowest BCUT2D eigenvalue weighted by atomic mass is 10.2. The van der Waals surface area contributed by atoms with Gasteiger partial charge in [-0.3, -0.25) is 5.43 Å². The number of nitrogens with zero attached hydrogens (tertiary/aromatic N) is 3. The van der Waals surface area contributed by atoms with Gasteiger partial charge in [0, 0.05) is 18.5 Å². The SMILES string of the molecule is COc1nc(NN)nc(SC2CCOCC2)n1. The summed E-state index contributed by atoms with van der Waals surface area (Å²) in [4.78, 5) is 12.3. The number of hydrogen-bond donors (Lipinski definition) is 2. The molecular weight excluding hydrogens is 242 g/mol. The minimum atomic E-state index is 0.266. The molecule has 0 amide bonds. The van der Waals surface area contributed by atoms with Crippen LogP contribution in [0.5, 0.6) is 6.01 Å². The number of aromatic nitrogens is 3. The fourth-order valence-corrected chi connectivity index (χ4v) is 2.49. The maximum atomic E-state index is 5.30. The summed E-state index contributed by atoms with van der Waals surface area (Å²) in [7, 11) is 1.51. The van der Waals surface area contributed by atoms with Crippen molar-refractivity contribution in [1.82, 2.24) is 15.0 Å². The largest absolute Gasteiger partial charge is 0.467 e. The number of rotatable bonds is 4. The molecule has 1 aliphatic heterocycles. The number of hydrogen-bond acceptors (Lipinski definition) is 8. The lowest BCUT2D eigenvalue weighted by molar-refractivity contribution is 0.1000. The second-order valence-electron chi connectivity index (χ2n) is 3.50. The molecule has 2 rings (SSSR count).